The lowest BCUT2D eigenvalue weighted by atomic mass is 10.4. The van der Waals surface area contributed by atoms with Gasteiger partial charge in [0.15, 0.2) is 0 Å². The quantitative estimate of drug-likeness (QED) is 0.470. The fraction of sp³-hybridized carbons (Fsp3) is 0.286. The summed E-state index contributed by atoms with van der Waals surface area (Å²) in [6.07, 6.45) is 1.77. The molecule has 0 aromatic carbocycles. The number of aromatic amines is 1. The van der Waals surface area contributed by atoms with E-state index < -0.39 is 0 Å². The summed E-state index contributed by atoms with van der Waals surface area (Å²) in [5, 5.41) is 7.29. The Hall–Kier alpha value is -1.25. The van der Waals surface area contributed by atoms with E-state index in [1.807, 2.05) is 13.0 Å². The Kier molecular flexibility index (Phi) is 2.10. The Bertz CT molecular complexity index is 203. The summed E-state index contributed by atoms with van der Waals surface area (Å²) in [5.74, 6) is 0.201. The lowest BCUT2D eigenvalue weighted by Crippen LogP contribution is -2.04. The van der Waals surface area contributed by atoms with Gasteiger partial charge in [-0.25, -0.2) is 0 Å². The van der Waals surface area contributed by atoms with Crippen LogP contribution in [0.3, 0.4) is 0 Å². The van der Waals surface area contributed by atoms with Gasteiger partial charge in [-0.1, -0.05) is 0 Å². The third-order valence-corrected chi connectivity index (χ3v) is 1.13. The van der Waals surface area contributed by atoms with Gasteiger partial charge in [0.2, 0.25) is 5.90 Å². The highest BCUT2D eigenvalue weighted by atomic mass is 16.5. The van der Waals surface area contributed by atoms with Crippen LogP contribution in [0.4, 0.5) is 0 Å². The third-order valence-electron chi connectivity index (χ3n) is 1.13. The van der Waals surface area contributed by atoms with Crippen molar-refractivity contribution >= 4 is 5.90 Å². The van der Waals surface area contributed by atoms with Crippen LogP contribution < -0.4 is 0 Å². The molecule has 0 saturated heterocycles. The molecule has 0 bridgehead atoms. The average Bonchev–Trinajstić information content (AvgIpc) is 2.38. The molecule has 0 amide bonds. The van der Waals surface area contributed by atoms with Gasteiger partial charge in [-0.2, -0.15) is 0 Å². The molecule has 54 valence electrons. The molecule has 0 aliphatic heterocycles. The van der Waals surface area contributed by atoms with Gasteiger partial charge in [0.05, 0.1) is 6.61 Å². The lowest BCUT2D eigenvalue weighted by molar-refractivity contribution is 0.324. The zero-order chi connectivity index (χ0) is 7.40. The van der Waals surface area contributed by atoms with Crippen LogP contribution in [-0.2, 0) is 4.74 Å². The molecule has 3 nitrogen and oxygen atoms in total. The van der Waals surface area contributed by atoms with Crippen molar-refractivity contribution in [2.45, 2.75) is 6.92 Å². The Morgan fingerprint density at radius 1 is 1.80 bits per heavy atom. The number of hydrogen-bond donors (Lipinski definition) is 2. The Balaban J connectivity index is 2.59. The van der Waals surface area contributed by atoms with Crippen LogP contribution in [0.15, 0.2) is 18.3 Å². The van der Waals surface area contributed by atoms with Crippen molar-refractivity contribution in [1.29, 1.82) is 5.41 Å². The maximum atomic E-state index is 7.29. The van der Waals surface area contributed by atoms with E-state index in [1.165, 1.54) is 0 Å². The average molecular weight is 138 g/mol. The van der Waals surface area contributed by atoms with Crippen molar-refractivity contribution in [1.82, 2.24) is 4.98 Å². The standard InChI is InChI=1S/C7H10N2O/c1-2-10-7(8)6-4-3-5-9-6/h3-5,8-9H,2H2,1H3. The second-order valence-corrected chi connectivity index (χ2v) is 1.85. The van der Waals surface area contributed by atoms with Crippen LogP contribution in [0.25, 0.3) is 0 Å². The van der Waals surface area contributed by atoms with Gasteiger partial charge in [0.1, 0.15) is 5.69 Å². The van der Waals surface area contributed by atoms with Crippen molar-refractivity contribution in [3.8, 4) is 0 Å². The maximum absolute atomic E-state index is 7.29. The van der Waals surface area contributed by atoms with Crippen molar-refractivity contribution in [2.75, 3.05) is 6.61 Å². The maximum Gasteiger partial charge on any atom is 0.230 e. The molecular formula is C7H10N2O. The van der Waals surface area contributed by atoms with Gasteiger partial charge in [0, 0.05) is 6.20 Å². The van der Waals surface area contributed by atoms with E-state index in [-0.39, 0.29) is 5.90 Å². The van der Waals surface area contributed by atoms with Crippen molar-refractivity contribution in [2.24, 2.45) is 0 Å². The fourth-order valence-electron chi connectivity index (χ4n) is 0.694. The molecule has 1 aromatic heterocycles. The van der Waals surface area contributed by atoms with Crippen LogP contribution in [-0.4, -0.2) is 17.5 Å². The monoisotopic (exact) mass is 138 g/mol. The molecule has 0 unspecified atom stereocenters. The number of aromatic nitrogens is 1. The molecule has 1 heterocycles. The lowest BCUT2D eigenvalue weighted by Gasteiger charge is -2.00. The summed E-state index contributed by atoms with van der Waals surface area (Å²) in [7, 11) is 0. The smallest absolute Gasteiger partial charge is 0.230 e. The minimum absolute atomic E-state index is 0.201. The highest BCUT2D eigenvalue weighted by Gasteiger charge is 1.99. The Labute approximate surface area is 59.5 Å². The van der Waals surface area contributed by atoms with Gasteiger partial charge >= 0.3 is 0 Å². The van der Waals surface area contributed by atoms with E-state index >= 15 is 0 Å². The summed E-state index contributed by atoms with van der Waals surface area (Å²) in [4.78, 5) is 2.87. The van der Waals surface area contributed by atoms with Crippen LogP contribution in [0.1, 0.15) is 12.6 Å². The van der Waals surface area contributed by atoms with Crippen LogP contribution in [0.5, 0.6) is 0 Å². The van der Waals surface area contributed by atoms with Crippen molar-refractivity contribution in [3.05, 3.63) is 24.0 Å². The van der Waals surface area contributed by atoms with Gasteiger partial charge in [0.25, 0.3) is 0 Å². The van der Waals surface area contributed by atoms with Crippen LogP contribution in [0, 0.1) is 5.41 Å². The second-order valence-electron chi connectivity index (χ2n) is 1.85. The first-order valence-electron chi connectivity index (χ1n) is 3.19. The molecule has 0 aliphatic rings. The first-order valence-corrected chi connectivity index (χ1v) is 3.19. The summed E-state index contributed by atoms with van der Waals surface area (Å²) in [5.41, 5.74) is 0.724. The van der Waals surface area contributed by atoms with E-state index in [0.717, 1.165) is 5.69 Å². The molecule has 3 heteroatoms. The molecule has 2 N–H and O–H groups in total. The molecule has 0 spiro atoms. The van der Waals surface area contributed by atoms with Gasteiger partial charge in [-0.3, -0.25) is 5.41 Å². The second kappa shape index (κ2) is 3.06. The summed E-state index contributed by atoms with van der Waals surface area (Å²) in [6, 6.07) is 3.64. The summed E-state index contributed by atoms with van der Waals surface area (Å²) >= 11 is 0. The number of hydrogen-bond acceptors (Lipinski definition) is 2. The molecule has 0 saturated carbocycles. The van der Waals surface area contributed by atoms with E-state index in [2.05, 4.69) is 4.98 Å². The van der Waals surface area contributed by atoms with E-state index in [4.69, 9.17) is 10.1 Å². The molecule has 0 fully saturated rings. The predicted octanol–water partition coefficient (Wildman–Crippen LogP) is 1.38. The van der Waals surface area contributed by atoms with Gasteiger partial charge in [-0.15, -0.1) is 0 Å². The van der Waals surface area contributed by atoms with Gasteiger partial charge < -0.3 is 9.72 Å². The Morgan fingerprint density at radius 3 is 3.10 bits per heavy atom. The zero-order valence-electron chi connectivity index (χ0n) is 5.85. The number of H-pyrrole nitrogens is 1. The number of ether oxygens (including phenoxy) is 1. The van der Waals surface area contributed by atoms with Crippen molar-refractivity contribution in [3.63, 3.8) is 0 Å². The highest BCUT2D eigenvalue weighted by Crippen LogP contribution is 1.96. The molecule has 10 heavy (non-hydrogen) atoms. The minimum Gasteiger partial charge on any atom is -0.477 e. The SMILES string of the molecule is CCOC(=N)c1ccc[nH]1. The molecule has 0 radical (unpaired) electrons. The zero-order valence-corrected chi connectivity index (χ0v) is 5.85. The molecule has 1 rings (SSSR count). The molecule has 0 aliphatic carbocycles. The van der Waals surface area contributed by atoms with E-state index in [0.29, 0.717) is 6.61 Å². The number of rotatable bonds is 2. The highest BCUT2D eigenvalue weighted by molar-refractivity contribution is 5.89. The normalized spacial score (nSPS) is 9.30. The first-order chi connectivity index (χ1) is 4.84. The first kappa shape index (κ1) is 6.86. The van der Waals surface area contributed by atoms with E-state index in [9.17, 15) is 0 Å². The topological polar surface area (TPSA) is 48.9 Å². The van der Waals surface area contributed by atoms with Crippen LogP contribution >= 0.6 is 0 Å². The molecule has 0 atom stereocenters. The third kappa shape index (κ3) is 1.37. The van der Waals surface area contributed by atoms with Gasteiger partial charge in [-0.05, 0) is 19.1 Å². The predicted molar refractivity (Wildman–Crippen MR) is 39.2 cm³/mol. The number of nitrogens with one attached hydrogen (secondary N) is 2. The summed E-state index contributed by atoms with van der Waals surface area (Å²) in [6.45, 7) is 2.40. The Morgan fingerprint density at radius 2 is 2.60 bits per heavy atom. The summed E-state index contributed by atoms with van der Waals surface area (Å²) < 4.78 is 4.94. The van der Waals surface area contributed by atoms with Crippen molar-refractivity contribution < 1.29 is 4.74 Å². The largest absolute Gasteiger partial charge is 0.477 e. The molecule has 1 aromatic rings. The molecular weight excluding hydrogens is 128 g/mol. The van der Waals surface area contributed by atoms with Crippen LogP contribution in [0.2, 0.25) is 0 Å². The minimum atomic E-state index is 0.201. The van der Waals surface area contributed by atoms with E-state index in [1.54, 1.807) is 12.3 Å². The fourth-order valence-corrected chi connectivity index (χ4v) is 0.694.